The number of anilines is 1. The van der Waals surface area contributed by atoms with Gasteiger partial charge < -0.3 is 5.32 Å². The summed E-state index contributed by atoms with van der Waals surface area (Å²) in [5, 5.41) is 7.55. The lowest BCUT2D eigenvalue weighted by atomic mass is 10.2. The van der Waals surface area contributed by atoms with Gasteiger partial charge in [-0.25, -0.2) is 17.9 Å². The third-order valence-corrected chi connectivity index (χ3v) is 4.20. The molecule has 0 saturated carbocycles. The summed E-state index contributed by atoms with van der Waals surface area (Å²) in [4.78, 5) is 12.0. The van der Waals surface area contributed by atoms with Gasteiger partial charge in [0, 0.05) is 10.2 Å². The summed E-state index contributed by atoms with van der Waals surface area (Å²) in [6.07, 6.45) is 0. The third kappa shape index (κ3) is 3.87. The van der Waals surface area contributed by atoms with Crippen LogP contribution >= 0.6 is 15.9 Å². The average molecular weight is 373 g/mol. The van der Waals surface area contributed by atoms with E-state index in [1.54, 1.807) is 0 Å². The first kappa shape index (κ1) is 15.6. The molecule has 0 radical (unpaired) electrons. The fraction of sp³-hybridized carbons (Fsp3) is 0. The molecule has 0 heterocycles. The molecule has 0 saturated heterocycles. The summed E-state index contributed by atoms with van der Waals surface area (Å²) in [7, 11) is -3.77. The Morgan fingerprint density at radius 3 is 2.29 bits per heavy atom. The monoisotopic (exact) mass is 372 g/mol. The largest absolute Gasteiger partial charge is 0.322 e. The number of carbonyl (C=O) groups is 1. The van der Waals surface area contributed by atoms with E-state index in [0.717, 1.165) is 0 Å². The number of hydrogen-bond acceptors (Lipinski definition) is 3. The smallest absolute Gasteiger partial charge is 0.256 e. The number of carbonyl (C=O) groups excluding carboxylic acids is 1. The van der Waals surface area contributed by atoms with Gasteiger partial charge in [-0.2, -0.15) is 0 Å². The summed E-state index contributed by atoms with van der Waals surface area (Å²) < 4.78 is 35.5. The molecular formula is C13H10BrFN2O3S. The number of benzene rings is 2. The Hall–Kier alpha value is -1.77. The maximum absolute atomic E-state index is 13.0. The molecule has 3 N–H and O–H groups in total. The van der Waals surface area contributed by atoms with E-state index < -0.39 is 21.7 Å². The molecule has 0 aromatic heterocycles. The van der Waals surface area contributed by atoms with E-state index in [1.807, 2.05) is 0 Å². The van der Waals surface area contributed by atoms with Crippen LogP contribution < -0.4 is 10.5 Å². The molecule has 110 valence electrons. The highest BCUT2D eigenvalue weighted by Gasteiger charge is 2.12. The summed E-state index contributed by atoms with van der Waals surface area (Å²) in [5.41, 5.74) is 0.649. The summed E-state index contributed by atoms with van der Waals surface area (Å²) in [6.45, 7) is 0. The maximum Gasteiger partial charge on any atom is 0.256 e. The van der Waals surface area contributed by atoms with Gasteiger partial charge in [-0.3, -0.25) is 4.79 Å². The van der Waals surface area contributed by atoms with Crippen molar-refractivity contribution in [3.05, 3.63) is 58.3 Å². The number of primary sulfonamides is 1. The molecule has 0 aliphatic heterocycles. The van der Waals surface area contributed by atoms with E-state index in [1.165, 1.54) is 42.5 Å². The first-order valence-electron chi connectivity index (χ1n) is 5.66. The van der Waals surface area contributed by atoms with Gasteiger partial charge in [0.15, 0.2) is 0 Å². The third-order valence-electron chi connectivity index (χ3n) is 2.62. The fourth-order valence-corrected chi connectivity index (χ4v) is 2.65. The van der Waals surface area contributed by atoms with Crippen LogP contribution in [0.4, 0.5) is 10.1 Å². The lowest BCUT2D eigenvalue weighted by Gasteiger charge is -2.07. The quantitative estimate of drug-likeness (QED) is 0.866. The Bertz CT molecular complexity index is 792. The van der Waals surface area contributed by atoms with Gasteiger partial charge in [-0.1, -0.05) is 0 Å². The van der Waals surface area contributed by atoms with Gasteiger partial charge in [0.2, 0.25) is 10.0 Å². The number of sulfonamides is 1. The van der Waals surface area contributed by atoms with Crippen molar-refractivity contribution >= 4 is 37.5 Å². The molecule has 0 atom stereocenters. The number of amides is 1. The van der Waals surface area contributed by atoms with Gasteiger partial charge in [0.1, 0.15) is 5.82 Å². The molecule has 8 heteroatoms. The van der Waals surface area contributed by atoms with E-state index in [2.05, 4.69) is 21.2 Å². The minimum atomic E-state index is -3.77. The van der Waals surface area contributed by atoms with E-state index in [9.17, 15) is 17.6 Å². The fourth-order valence-electron chi connectivity index (χ4n) is 1.60. The van der Waals surface area contributed by atoms with Crippen LogP contribution in [0.1, 0.15) is 10.4 Å². The zero-order chi connectivity index (χ0) is 15.6. The predicted octanol–water partition coefficient (Wildman–Crippen LogP) is 2.49. The van der Waals surface area contributed by atoms with Crippen LogP contribution in [0.25, 0.3) is 0 Å². The molecule has 0 spiro atoms. The molecule has 0 unspecified atom stereocenters. The predicted molar refractivity (Wildman–Crippen MR) is 79.9 cm³/mol. The second-order valence-corrected chi connectivity index (χ2v) is 6.56. The van der Waals surface area contributed by atoms with Crippen LogP contribution in [0.15, 0.2) is 51.8 Å². The van der Waals surface area contributed by atoms with Crippen LogP contribution in [-0.2, 0) is 10.0 Å². The van der Waals surface area contributed by atoms with Crippen LogP contribution in [0.5, 0.6) is 0 Å². The molecule has 0 fully saturated rings. The van der Waals surface area contributed by atoms with Gasteiger partial charge in [-0.15, -0.1) is 0 Å². The first-order chi connectivity index (χ1) is 9.77. The highest BCUT2D eigenvalue weighted by Crippen LogP contribution is 2.20. The Morgan fingerprint density at radius 2 is 1.76 bits per heavy atom. The van der Waals surface area contributed by atoms with Crippen LogP contribution in [0.2, 0.25) is 0 Å². The normalized spacial score (nSPS) is 11.2. The molecule has 0 aliphatic rings. The van der Waals surface area contributed by atoms with Crippen molar-refractivity contribution in [3.8, 4) is 0 Å². The Morgan fingerprint density at radius 1 is 1.14 bits per heavy atom. The Labute approximate surface area is 129 Å². The molecule has 2 aromatic rings. The lowest BCUT2D eigenvalue weighted by molar-refractivity contribution is 0.102. The molecule has 2 aromatic carbocycles. The van der Waals surface area contributed by atoms with Gasteiger partial charge >= 0.3 is 0 Å². The second-order valence-electron chi connectivity index (χ2n) is 4.15. The van der Waals surface area contributed by atoms with Gasteiger partial charge in [-0.05, 0) is 58.4 Å². The van der Waals surface area contributed by atoms with E-state index in [4.69, 9.17) is 5.14 Å². The topological polar surface area (TPSA) is 89.3 Å². The van der Waals surface area contributed by atoms with Crippen molar-refractivity contribution in [2.45, 2.75) is 4.90 Å². The molecule has 0 bridgehead atoms. The average Bonchev–Trinajstić information content (AvgIpc) is 2.38. The molecule has 0 aliphatic carbocycles. The van der Waals surface area contributed by atoms with Crippen molar-refractivity contribution in [1.82, 2.24) is 0 Å². The standard InChI is InChI=1S/C13H10BrFN2O3S/c14-12-7-8(15)1-6-11(12)13(18)17-9-2-4-10(5-3-9)21(16,19)20/h1-7H,(H,17,18)(H2,16,19,20). The highest BCUT2D eigenvalue weighted by molar-refractivity contribution is 9.10. The van der Waals surface area contributed by atoms with Crippen molar-refractivity contribution in [1.29, 1.82) is 0 Å². The van der Waals surface area contributed by atoms with Crippen molar-refractivity contribution < 1.29 is 17.6 Å². The minimum Gasteiger partial charge on any atom is -0.322 e. The number of nitrogens with one attached hydrogen (secondary N) is 1. The number of nitrogens with two attached hydrogens (primary N) is 1. The summed E-state index contributed by atoms with van der Waals surface area (Å²) >= 11 is 3.10. The number of hydrogen-bond donors (Lipinski definition) is 2. The van der Waals surface area contributed by atoms with Crippen molar-refractivity contribution in [2.75, 3.05) is 5.32 Å². The zero-order valence-corrected chi connectivity index (χ0v) is 12.9. The second kappa shape index (κ2) is 5.92. The van der Waals surface area contributed by atoms with E-state index >= 15 is 0 Å². The zero-order valence-electron chi connectivity index (χ0n) is 10.5. The summed E-state index contributed by atoms with van der Waals surface area (Å²) in [5.74, 6) is -0.916. The van der Waals surface area contributed by atoms with Gasteiger partial charge in [0.25, 0.3) is 5.91 Å². The highest BCUT2D eigenvalue weighted by atomic mass is 79.9. The minimum absolute atomic E-state index is 0.0524. The van der Waals surface area contributed by atoms with Crippen molar-refractivity contribution in [3.63, 3.8) is 0 Å². The number of rotatable bonds is 3. The molecule has 2 rings (SSSR count). The molecule has 5 nitrogen and oxygen atoms in total. The van der Waals surface area contributed by atoms with Crippen LogP contribution in [0.3, 0.4) is 0 Å². The Balaban J connectivity index is 2.20. The van der Waals surface area contributed by atoms with Crippen LogP contribution in [0, 0.1) is 5.82 Å². The van der Waals surface area contributed by atoms with Crippen molar-refractivity contribution in [2.24, 2.45) is 5.14 Å². The number of halogens is 2. The lowest BCUT2D eigenvalue weighted by Crippen LogP contribution is -2.14. The Kier molecular flexibility index (Phi) is 4.40. The first-order valence-corrected chi connectivity index (χ1v) is 8.00. The van der Waals surface area contributed by atoms with E-state index in [0.29, 0.717) is 10.2 Å². The van der Waals surface area contributed by atoms with E-state index in [-0.39, 0.29) is 10.5 Å². The molecular weight excluding hydrogens is 363 g/mol. The van der Waals surface area contributed by atoms with Gasteiger partial charge in [0.05, 0.1) is 10.5 Å². The SMILES string of the molecule is NS(=O)(=O)c1ccc(NC(=O)c2ccc(F)cc2Br)cc1. The maximum atomic E-state index is 13.0. The molecule has 21 heavy (non-hydrogen) atoms. The molecule has 1 amide bonds. The van der Waals surface area contributed by atoms with Crippen LogP contribution in [-0.4, -0.2) is 14.3 Å². The summed E-state index contributed by atoms with van der Waals surface area (Å²) in [6, 6.07) is 9.08.